The molecule has 2 aromatic rings. The van der Waals surface area contributed by atoms with Crippen LogP contribution in [-0.2, 0) is 10.0 Å². The Morgan fingerprint density at radius 2 is 2.00 bits per heavy atom. The lowest BCUT2D eigenvalue weighted by molar-refractivity contribution is 0.347. The molecule has 1 aliphatic heterocycles. The molecule has 0 radical (unpaired) electrons. The van der Waals surface area contributed by atoms with Crippen LogP contribution in [0.5, 0.6) is 0 Å². The Hall–Kier alpha value is -1.80. The largest absolute Gasteiger partial charge is 0.361 e. The summed E-state index contributed by atoms with van der Waals surface area (Å²) in [6.45, 7) is 1.88. The Labute approximate surface area is 126 Å². The number of hydrogen-bond donors (Lipinski definition) is 0. The second-order valence-corrected chi connectivity index (χ2v) is 7.01. The standard InChI is InChI=1S/C14H14F2N2O3S/c1-9-8-12(17-21-9)13-6-3-7-18(13)22(19,20)14-10(15)4-2-5-11(14)16/h2,4-5,8,13H,3,6-7H2,1H3. The molecule has 2 heterocycles. The lowest BCUT2D eigenvalue weighted by atomic mass is 10.1. The molecule has 0 spiro atoms. The SMILES string of the molecule is Cc1cc(C2CCCN2S(=O)(=O)c2c(F)cccc2F)no1. The van der Waals surface area contributed by atoms with E-state index in [0.29, 0.717) is 24.3 Å². The van der Waals surface area contributed by atoms with Crippen LogP contribution >= 0.6 is 0 Å². The highest BCUT2D eigenvalue weighted by molar-refractivity contribution is 7.89. The molecule has 1 fully saturated rings. The van der Waals surface area contributed by atoms with Gasteiger partial charge in [0.25, 0.3) is 0 Å². The summed E-state index contributed by atoms with van der Waals surface area (Å²) < 4.78 is 59.1. The highest BCUT2D eigenvalue weighted by Crippen LogP contribution is 2.37. The summed E-state index contributed by atoms with van der Waals surface area (Å²) in [5, 5.41) is 3.83. The minimum absolute atomic E-state index is 0.187. The lowest BCUT2D eigenvalue weighted by Gasteiger charge is -2.22. The Morgan fingerprint density at radius 1 is 1.32 bits per heavy atom. The van der Waals surface area contributed by atoms with Gasteiger partial charge in [0, 0.05) is 12.6 Å². The average molecular weight is 328 g/mol. The number of aryl methyl sites for hydroxylation is 1. The van der Waals surface area contributed by atoms with Gasteiger partial charge in [0.2, 0.25) is 10.0 Å². The second kappa shape index (κ2) is 5.44. The summed E-state index contributed by atoms with van der Waals surface area (Å²) in [4.78, 5) is -0.915. The van der Waals surface area contributed by atoms with Gasteiger partial charge < -0.3 is 4.52 Å². The van der Waals surface area contributed by atoms with Crippen LogP contribution in [0, 0.1) is 18.6 Å². The Kier molecular flexibility index (Phi) is 3.73. The third kappa shape index (κ3) is 2.42. The van der Waals surface area contributed by atoms with E-state index in [1.54, 1.807) is 13.0 Å². The Morgan fingerprint density at radius 3 is 2.59 bits per heavy atom. The third-order valence-electron chi connectivity index (χ3n) is 3.68. The van der Waals surface area contributed by atoms with Gasteiger partial charge in [-0.25, -0.2) is 17.2 Å². The van der Waals surface area contributed by atoms with Crippen molar-refractivity contribution in [1.82, 2.24) is 9.46 Å². The van der Waals surface area contributed by atoms with E-state index in [1.807, 2.05) is 0 Å². The van der Waals surface area contributed by atoms with E-state index >= 15 is 0 Å². The molecule has 5 nitrogen and oxygen atoms in total. The molecule has 0 N–H and O–H groups in total. The molecule has 22 heavy (non-hydrogen) atoms. The van der Waals surface area contributed by atoms with E-state index < -0.39 is 32.6 Å². The summed E-state index contributed by atoms with van der Waals surface area (Å²) in [5.41, 5.74) is 0.454. The summed E-state index contributed by atoms with van der Waals surface area (Å²) in [6.07, 6.45) is 1.12. The number of benzene rings is 1. The van der Waals surface area contributed by atoms with Crippen molar-refractivity contribution in [3.63, 3.8) is 0 Å². The predicted molar refractivity (Wildman–Crippen MR) is 73.5 cm³/mol. The number of hydrogen-bond acceptors (Lipinski definition) is 4. The van der Waals surface area contributed by atoms with E-state index in [2.05, 4.69) is 5.16 Å². The smallest absolute Gasteiger partial charge is 0.249 e. The maximum absolute atomic E-state index is 13.9. The first kappa shape index (κ1) is 15.1. The van der Waals surface area contributed by atoms with Gasteiger partial charge in [-0.2, -0.15) is 4.31 Å². The van der Waals surface area contributed by atoms with Gasteiger partial charge in [-0.1, -0.05) is 11.2 Å². The van der Waals surface area contributed by atoms with Crippen molar-refractivity contribution >= 4 is 10.0 Å². The van der Waals surface area contributed by atoms with Gasteiger partial charge >= 0.3 is 0 Å². The van der Waals surface area contributed by atoms with Crippen LogP contribution < -0.4 is 0 Å². The fraction of sp³-hybridized carbons (Fsp3) is 0.357. The van der Waals surface area contributed by atoms with Gasteiger partial charge in [0.15, 0.2) is 4.90 Å². The summed E-state index contributed by atoms with van der Waals surface area (Å²) >= 11 is 0. The zero-order valence-corrected chi connectivity index (χ0v) is 12.6. The molecule has 118 valence electrons. The molecule has 0 saturated carbocycles. The molecule has 1 aromatic heterocycles. The molecule has 8 heteroatoms. The van der Waals surface area contributed by atoms with Crippen molar-refractivity contribution in [2.45, 2.75) is 30.7 Å². The van der Waals surface area contributed by atoms with Crippen LogP contribution in [-0.4, -0.2) is 24.4 Å². The molecule has 0 aliphatic carbocycles. The van der Waals surface area contributed by atoms with Gasteiger partial charge in [-0.3, -0.25) is 0 Å². The molecule has 1 atom stereocenters. The Balaban J connectivity index is 2.05. The van der Waals surface area contributed by atoms with Crippen molar-refractivity contribution in [1.29, 1.82) is 0 Å². The van der Waals surface area contributed by atoms with Crippen molar-refractivity contribution in [3.8, 4) is 0 Å². The monoisotopic (exact) mass is 328 g/mol. The van der Waals surface area contributed by atoms with Crippen molar-refractivity contribution in [2.75, 3.05) is 6.54 Å². The van der Waals surface area contributed by atoms with Crippen molar-refractivity contribution < 1.29 is 21.7 Å². The zero-order valence-electron chi connectivity index (χ0n) is 11.8. The zero-order chi connectivity index (χ0) is 15.9. The maximum Gasteiger partial charge on any atom is 0.249 e. The minimum Gasteiger partial charge on any atom is -0.361 e. The first-order valence-electron chi connectivity index (χ1n) is 6.80. The van der Waals surface area contributed by atoms with E-state index in [1.165, 1.54) is 0 Å². The molecule has 1 aliphatic rings. The predicted octanol–water partition coefficient (Wildman–Crippen LogP) is 2.79. The molecule has 0 bridgehead atoms. The first-order chi connectivity index (χ1) is 10.4. The first-order valence-corrected chi connectivity index (χ1v) is 8.24. The van der Waals surface area contributed by atoms with E-state index in [4.69, 9.17) is 4.52 Å². The van der Waals surface area contributed by atoms with Crippen LogP contribution in [0.4, 0.5) is 8.78 Å². The molecule has 1 unspecified atom stereocenters. The summed E-state index contributed by atoms with van der Waals surface area (Å²) in [7, 11) is -4.29. The molecular formula is C14H14F2N2O3S. The van der Waals surface area contributed by atoms with Crippen LogP contribution in [0.25, 0.3) is 0 Å². The number of aromatic nitrogens is 1. The molecule has 1 aromatic carbocycles. The lowest BCUT2D eigenvalue weighted by Crippen LogP contribution is -2.32. The third-order valence-corrected chi connectivity index (χ3v) is 5.64. The quantitative estimate of drug-likeness (QED) is 0.869. The molecular weight excluding hydrogens is 314 g/mol. The number of halogens is 2. The fourth-order valence-corrected chi connectivity index (χ4v) is 4.49. The molecule has 3 rings (SSSR count). The maximum atomic E-state index is 13.9. The summed E-state index contributed by atoms with van der Waals surface area (Å²) in [5.74, 6) is -1.64. The topological polar surface area (TPSA) is 63.4 Å². The fourth-order valence-electron chi connectivity index (χ4n) is 2.71. The van der Waals surface area contributed by atoms with Crippen LogP contribution in [0.3, 0.4) is 0 Å². The molecule has 1 saturated heterocycles. The van der Waals surface area contributed by atoms with E-state index in [0.717, 1.165) is 22.5 Å². The van der Waals surface area contributed by atoms with Gasteiger partial charge in [-0.05, 0) is 31.9 Å². The van der Waals surface area contributed by atoms with Crippen LogP contribution in [0.15, 0.2) is 33.7 Å². The van der Waals surface area contributed by atoms with Crippen LogP contribution in [0.2, 0.25) is 0 Å². The van der Waals surface area contributed by atoms with Crippen molar-refractivity contribution in [3.05, 3.63) is 47.4 Å². The van der Waals surface area contributed by atoms with E-state index in [9.17, 15) is 17.2 Å². The van der Waals surface area contributed by atoms with Crippen LogP contribution in [0.1, 0.15) is 30.3 Å². The van der Waals surface area contributed by atoms with Gasteiger partial charge in [0.1, 0.15) is 23.1 Å². The minimum atomic E-state index is -4.29. The Bertz CT molecular complexity index is 784. The molecule has 0 amide bonds. The highest BCUT2D eigenvalue weighted by Gasteiger charge is 2.40. The highest BCUT2D eigenvalue weighted by atomic mass is 32.2. The average Bonchev–Trinajstić information content (AvgIpc) is 3.06. The second-order valence-electron chi connectivity index (χ2n) is 5.19. The van der Waals surface area contributed by atoms with Gasteiger partial charge in [-0.15, -0.1) is 0 Å². The number of rotatable bonds is 3. The van der Waals surface area contributed by atoms with Crippen molar-refractivity contribution in [2.24, 2.45) is 0 Å². The number of sulfonamides is 1. The normalized spacial score (nSPS) is 19.7. The summed E-state index contributed by atoms with van der Waals surface area (Å²) in [6, 6.07) is 4.06. The van der Waals surface area contributed by atoms with E-state index in [-0.39, 0.29) is 6.54 Å². The van der Waals surface area contributed by atoms with Gasteiger partial charge in [0.05, 0.1) is 6.04 Å². The number of nitrogens with zero attached hydrogens (tertiary/aromatic N) is 2.